The fraction of sp³-hybridized carbons (Fsp3) is 0.333. The van der Waals surface area contributed by atoms with E-state index >= 15 is 0 Å². The van der Waals surface area contributed by atoms with E-state index < -0.39 is 0 Å². The molecule has 0 saturated carbocycles. The molecule has 0 spiro atoms. The minimum absolute atomic E-state index is 0.125. The van der Waals surface area contributed by atoms with Gasteiger partial charge in [0.1, 0.15) is 5.75 Å². The van der Waals surface area contributed by atoms with Crippen LogP contribution in [-0.4, -0.2) is 16.9 Å². The van der Waals surface area contributed by atoms with Gasteiger partial charge in [-0.1, -0.05) is 19.1 Å². The van der Waals surface area contributed by atoms with E-state index in [2.05, 4.69) is 5.10 Å². The molecule has 0 aliphatic heterocycles. The summed E-state index contributed by atoms with van der Waals surface area (Å²) < 4.78 is 6.81. The Kier molecular flexibility index (Phi) is 4.79. The van der Waals surface area contributed by atoms with Gasteiger partial charge >= 0.3 is 0 Å². The molecule has 20 heavy (non-hydrogen) atoms. The Morgan fingerprint density at radius 3 is 2.75 bits per heavy atom. The van der Waals surface area contributed by atoms with Gasteiger partial charge in [0, 0.05) is 17.7 Å². The van der Waals surface area contributed by atoms with Gasteiger partial charge in [-0.15, -0.1) is 11.6 Å². The van der Waals surface area contributed by atoms with E-state index in [-0.39, 0.29) is 11.4 Å². The van der Waals surface area contributed by atoms with Crippen LogP contribution in [0.15, 0.2) is 35.1 Å². The number of halogens is 1. The summed E-state index contributed by atoms with van der Waals surface area (Å²) in [4.78, 5) is 12.1. The highest BCUT2D eigenvalue weighted by atomic mass is 35.5. The molecule has 0 radical (unpaired) electrons. The number of rotatable bonds is 5. The van der Waals surface area contributed by atoms with Crippen LogP contribution in [-0.2, 0) is 12.4 Å². The molecule has 0 bridgehead atoms. The largest absolute Gasteiger partial charge is 0.496 e. The summed E-state index contributed by atoms with van der Waals surface area (Å²) in [6.07, 6.45) is 0.837. The molecule has 0 N–H and O–H groups in total. The zero-order valence-corrected chi connectivity index (χ0v) is 12.4. The zero-order chi connectivity index (χ0) is 14.5. The normalized spacial score (nSPS) is 10.6. The van der Waals surface area contributed by atoms with Crippen molar-refractivity contribution in [3.05, 3.63) is 46.2 Å². The highest BCUT2D eigenvalue weighted by Gasteiger charge is 2.12. The number of alkyl halides is 1. The van der Waals surface area contributed by atoms with Gasteiger partial charge in [-0.25, -0.2) is 4.68 Å². The van der Waals surface area contributed by atoms with Crippen LogP contribution in [0.5, 0.6) is 5.75 Å². The minimum Gasteiger partial charge on any atom is -0.496 e. The van der Waals surface area contributed by atoms with E-state index in [9.17, 15) is 4.79 Å². The van der Waals surface area contributed by atoms with Gasteiger partial charge in [0.05, 0.1) is 18.7 Å². The van der Waals surface area contributed by atoms with Crippen LogP contribution >= 0.6 is 11.6 Å². The van der Waals surface area contributed by atoms with E-state index in [1.165, 1.54) is 4.68 Å². The molecule has 1 heterocycles. The van der Waals surface area contributed by atoms with Crippen molar-refractivity contribution in [1.82, 2.24) is 9.78 Å². The summed E-state index contributed by atoms with van der Waals surface area (Å²) in [6.45, 7) is 2.58. The van der Waals surface area contributed by atoms with Gasteiger partial charge in [-0.05, 0) is 24.6 Å². The number of aryl methyl sites for hydroxylation is 1. The van der Waals surface area contributed by atoms with Crippen molar-refractivity contribution in [2.24, 2.45) is 0 Å². The van der Waals surface area contributed by atoms with Crippen molar-refractivity contribution in [1.29, 1.82) is 0 Å². The molecule has 0 unspecified atom stereocenters. The second-order valence-electron chi connectivity index (χ2n) is 4.42. The fourth-order valence-electron chi connectivity index (χ4n) is 2.04. The number of para-hydroxylation sites is 1. The van der Waals surface area contributed by atoms with E-state index in [1.807, 2.05) is 31.2 Å². The molecule has 0 aliphatic rings. The molecular weight excluding hydrogens is 276 g/mol. The molecule has 0 fully saturated rings. The van der Waals surface area contributed by atoms with Crippen LogP contribution in [0.4, 0.5) is 0 Å². The Morgan fingerprint density at radius 1 is 1.35 bits per heavy atom. The van der Waals surface area contributed by atoms with Gasteiger partial charge in [0.25, 0.3) is 5.56 Å². The van der Waals surface area contributed by atoms with Gasteiger partial charge in [-0.2, -0.15) is 5.10 Å². The van der Waals surface area contributed by atoms with Crippen LogP contribution in [0.25, 0.3) is 11.3 Å². The third-order valence-electron chi connectivity index (χ3n) is 3.01. The standard InChI is InChI=1S/C15H17ClN2O2/c1-3-8-18-15(19)11(10-16)9-13(17-18)12-6-4-5-7-14(12)20-2/h4-7,9H,3,8,10H2,1-2H3. The Labute approximate surface area is 123 Å². The molecule has 5 heteroatoms. The number of hydrogen-bond donors (Lipinski definition) is 0. The van der Waals surface area contributed by atoms with Crippen molar-refractivity contribution in [3.63, 3.8) is 0 Å². The molecule has 0 aliphatic carbocycles. The average molecular weight is 293 g/mol. The lowest BCUT2D eigenvalue weighted by atomic mass is 10.1. The second kappa shape index (κ2) is 6.57. The summed E-state index contributed by atoms with van der Waals surface area (Å²) >= 11 is 5.87. The third kappa shape index (κ3) is 2.85. The molecule has 2 rings (SSSR count). The van der Waals surface area contributed by atoms with Crippen LogP contribution in [0, 0.1) is 0 Å². The lowest BCUT2D eigenvalue weighted by Gasteiger charge is -2.11. The predicted octanol–water partition coefficient (Wildman–Crippen LogP) is 3.07. The number of aromatic nitrogens is 2. The summed E-state index contributed by atoms with van der Waals surface area (Å²) in [5.74, 6) is 0.898. The second-order valence-corrected chi connectivity index (χ2v) is 4.68. The molecule has 2 aromatic rings. The van der Waals surface area contributed by atoms with E-state index in [4.69, 9.17) is 16.3 Å². The Balaban J connectivity index is 2.62. The molecule has 0 atom stereocenters. The summed E-state index contributed by atoms with van der Waals surface area (Å²) in [7, 11) is 1.61. The fourth-order valence-corrected chi connectivity index (χ4v) is 2.24. The quantitative estimate of drug-likeness (QED) is 0.796. The lowest BCUT2D eigenvalue weighted by Crippen LogP contribution is -2.26. The maximum Gasteiger partial charge on any atom is 0.271 e. The summed E-state index contributed by atoms with van der Waals surface area (Å²) in [5, 5.41) is 4.42. The number of nitrogens with zero attached hydrogens (tertiary/aromatic N) is 2. The molecule has 1 aromatic carbocycles. The topological polar surface area (TPSA) is 44.1 Å². The lowest BCUT2D eigenvalue weighted by molar-refractivity contribution is 0.416. The van der Waals surface area contributed by atoms with Gasteiger partial charge in [0.15, 0.2) is 0 Å². The first-order chi connectivity index (χ1) is 9.71. The van der Waals surface area contributed by atoms with E-state index in [0.29, 0.717) is 17.8 Å². The van der Waals surface area contributed by atoms with Crippen molar-refractivity contribution >= 4 is 11.6 Å². The summed E-state index contributed by atoms with van der Waals surface area (Å²) in [6, 6.07) is 9.33. The van der Waals surface area contributed by atoms with Crippen LogP contribution in [0.2, 0.25) is 0 Å². The number of benzene rings is 1. The van der Waals surface area contributed by atoms with Gasteiger partial charge < -0.3 is 4.74 Å². The minimum atomic E-state index is -0.125. The first-order valence-electron chi connectivity index (χ1n) is 6.51. The van der Waals surface area contributed by atoms with E-state index in [1.54, 1.807) is 13.2 Å². The molecule has 4 nitrogen and oxygen atoms in total. The van der Waals surface area contributed by atoms with Crippen LogP contribution in [0.1, 0.15) is 18.9 Å². The highest BCUT2D eigenvalue weighted by Crippen LogP contribution is 2.27. The third-order valence-corrected chi connectivity index (χ3v) is 3.30. The Bertz CT molecular complexity index is 653. The van der Waals surface area contributed by atoms with Crippen molar-refractivity contribution in [2.45, 2.75) is 25.8 Å². The smallest absolute Gasteiger partial charge is 0.271 e. The average Bonchev–Trinajstić information content (AvgIpc) is 2.49. The first-order valence-corrected chi connectivity index (χ1v) is 7.05. The monoisotopic (exact) mass is 292 g/mol. The predicted molar refractivity (Wildman–Crippen MR) is 80.3 cm³/mol. The van der Waals surface area contributed by atoms with Crippen molar-refractivity contribution in [2.75, 3.05) is 7.11 Å². The highest BCUT2D eigenvalue weighted by molar-refractivity contribution is 6.17. The maximum absolute atomic E-state index is 12.1. The van der Waals surface area contributed by atoms with Crippen molar-refractivity contribution in [3.8, 4) is 17.0 Å². The molecular formula is C15H17ClN2O2. The van der Waals surface area contributed by atoms with E-state index in [0.717, 1.165) is 17.7 Å². The molecule has 1 aromatic heterocycles. The Morgan fingerprint density at radius 2 is 2.10 bits per heavy atom. The van der Waals surface area contributed by atoms with Gasteiger partial charge in [-0.3, -0.25) is 4.79 Å². The van der Waals surface area contributed by atoms with Crippen molar-refractivity contribution < 1.29 is 4.74 Å². The van der Waals surface area contributed by atoms with Crippen LogP contribution < -0.4 is 10.3 Å². The Hall–Kier alpha value is -1.81. The molecule has 106 valence electrons. The van der Waals surface area contributed by atoms with Crippen LogP contribution in [0.3, 0.4) is 0 Å². The number of methoxy groups -OCH3 is 1. The molecule has 0 saturated heterocycles. The van der Waals surface area contributed by atoms with Gasteiger partial charge in [0.2, 0.25) is 0 Å². The number of ether oxygens (including phenoxy) is 1. The maximum atomic E-state index is 12.1. The zero-order valence-electron chi connectivity index (χ0n) is 11.6. The molecule has 0 amide bonds. The first kappa shape index (κ1) is 14.6. The summed E-state index contributed by atoms with van der Waals surface area (Å²) in [5.41, 5.74) is 1.98. The number of hydrogen-bond acceptors (Lipinski definition) is 3. The SMILES string of the molecule is CCCn1nc(-c2ccccc2OC)cc(CCl)c1=O.